The monoisotopic (exact) mass is 397 g/mol. The first-order valence-corrected chi connectivity index (χ1v) is 9.45. The van der Waals surface area contributed by atoms with E-state index >= 15 is 0 Å². The maximum Gasteiger partial charge on any atom is 0.246 e. The maximum absolute atomic E-state index is 12.7. The van der Waals surface area contributed by atoms with Crippen LogP contribution in [0.3, 0.4) is 0 Å². The van der Waals surface area contributed by atoms with Gasteiger partial charge in [-0.3, -0.25) is 9.79 Å². The lowest BCUT2D eigenvalue weighted by Crippen LogP contribution is -2.36. The highest BCUT2D eigenvalue weighted by atomic mass is 19.1. The van der Waals surface area contributed by atoms with Gasteiger partial charge in [0.15, 0.2) is 0 Å². The Balaban J connectivity index is 0.000000887. The summed E-state index contributed by atoms with van der Waals surface area (Å²) >= 11 is 0. The Labute approximate surface area is 168 Å². The predicted octanol–water partition coefficient (Wildman–Crippen LogP) is 3.72. The molecule has 28 heavy (non-hydrogen) atoms. The first-order valence-electron chi connectivity index (χ1n) is 9.45. The number of benzene rings is 1. The van der Waals surface area contributed by atoms with Gasteiger partial charge in [0.25, 0.3) is 0 Å². The lowest BCUT2D eigenvalue weighted by atomic mass is 9.84. The van der Waals surface area contributed by atoms with Crippen molar-refractivity contribution in [3.05, 3.63) is 35.6 Å². The van der Waals surface area contributed by atoms with Gasteiger partial charge >= 0.3 is 0 Å². The zero-order valence-corrected chi connectivity index (χ0v) is 18.3. The van der Waals surface area contributed by atoms with E-state index in [1.54, 1.807) is 33.2 Å². The summed E-state index contributed by atoms with van der Waals surface area (Å²) in [6.45, 7) is 11.4. The van der Waals surface area contributed by atoms with Crippen LogP contribution < -0.4 is 10.8 Å². The van der Waals surface area contributed by atoms with Crippen molar-refractivity contribution >= 4 is 11.8 Å². The molecule has 160 valence electrons. The third-order valence-electron chi connectivity index (χ3n) is 3.70. The van der Waals surface area contributed by atoms with Crippen LogP contribution in [0, 0.1) is 17.2 Å². The van der Waals surface area contributed by atoms with Crippen molar-refractivity contribution in [3.63, 3.8) is 0 Å². The molecule has 0 saturated carbocycles. The molecule has 1 aromatic carbocycles. The number of rotatable bonds is 9. The summed E-state index contributed by atoms with van der Waals surface area (Å²) in [7, 11) is 3.36. The molecule has 0 aliphatic carbocycles. The third kappa shape index (κ3) is 14.1. The molecule has 0 bridgehead atoms. The second-order valence-electron chi connectivity index (χ2n) is 7.71. The third-order valence-corrected chi connectivity index (χ3v) is 3.70. The lowest BCUT2D eigenvalue weighted by molar-refractivity contribution is -0.126. The normalized spacial score (nSPS) is 11.7. The number of carbonyl (C=O) groups excluding carboxylic acids is 1. The van der Waals surface area contributed by atoms with Gasteiger partial charge in [-0.25, -0.2) is 4.39 Å². The molecule has 0 saturated heterocycles. The van der Waals surface area contributed by atoms with E-state index < -0.39 is 0 Å². The molecule has 6 nitrogen and oxygen atoms in total. The Kier molecular flexibility index (Phi) is 13.1. The van der Waals surface area contributed by atoms with Crippen molar-refractivity contribution < 1.29 is 18.8 Å². The summed E-state index contributed by atoms with van der Waals surface area (Å²) in [6.07, 6.45) is 1.06. The van der Waals surface area contributed by atoms with Gasteiger partial charge in [0.2, 0.25) is 11.8 Å². The van der Waals surface area contributed by atoms with Crippen LogP contribution in [-0.4, -0.2) is 39.1 Å². The van der Waals surface area contributed by atoms with E-state index in [9.17, 15) is 9.18 Å². The van der Waals surface area contributed by atoms with Crippen molar-refractivity contribution in [1.82, 2.24) is 10.8 Å². The van der Waals surface area contributed by atoms with Crippen molar-refractivity contribution in [2.24, 2.45) is 16.3 Å². The number of hydrogen-bond acceptors (Lipinski definition) is 5. The molecule has 0 aromatic heterocycles. The summed E-state index contributed by atoms with van der Waals surface area (Å²) in [4.78, 5) is 20.1. The number of hydrogen-bond donors (Lipinski definition) is 2. The van der Waals surface area contributed by atoms with Gasteiger partial charge in [0, 0.05) is 27.6 Å². The Morgan fingerprint density at radius 3 is 2.32 bits per heavy atom. The molecule has 0 aliphatic heterocycles. The smallest absolute Gasteiger partial charge is 0.246 e. The van der Waals surface area contributed by atoms with Gasteiger partial charge in [-0.15, -0.1) is 0 Å². The van der Waals surface area contributed by atoms with E-state index in [2.05, 4.69) is 43.5 Å². The molecular weight excluding hydrogens is 361 g/mol. The topological polar surface area (TPSA) is 72.0 Å². The highest BCUT2D eigenvalue weighted by Crippen LogP contribution is 2.23. The summed E-state index contributed by atoms with van der Waals surface area (Å²) < 4.78 is 18.1. The summed E-state index contributed by atoms with van der Waals surface area (Å²) in [6, 6.07) is 6.07. The average molecular weight is 398 g/mol. The SMILES string of the molecule is CC(C)CC(C)(C)CNC(=O)COCc1ccc(F)cc1.CN=C(C)ONC. The van der Waals surface area contributed by atoms with Gasteiger partial charge in [-0.2, -0.15) is 5.48 Å². The maximum atomic E-state index is 12.7. The number of aliphatic imine (C=N–C) groups is 1. The standard InChI is InChI=1S/C17H26FNO2.C4H10N2O/c1-13(2)9-17(3,4)12-19-16(20)11-21-10-14-5-7-15(18)8-6-14;1-4(5-2)7-6-3/h5-8,13H,9-12H2,1-4H3,(H,19,20);6H,1-3H3. The molecular formula is C21H36FN3O3. The Morgan fingerprint density at radius 1 is 1.25 bits per heavy atom. The molecule has 0 heterocycles. The largest absolute Gasteiger partial charge is 0.394 e. The highest BCUT2D eigenvalue weighted by molar-refractivity contribution is 5.77. The van der Waals surface area contributed by atoms with Crippen LogP contribution in [0.1, 0.15) is 46.6 Å². The van der Waals surface area contributed by atoms with Crippen LogP contribution >= 0.6 is 0 Å². The van der Waals surface area contributed by atoms with Crippen molar-refractivity contribution in [3.8, 4) is 0 Å². The van der Waals surface area contributed by atoms with Gasteiger partial charge in [0.1, 0.15) is 12.4 Å². The molecule has 0 radical (unpaired) electrons. The minimum absolute atomic E-state index is 0.0230. The summed E-state index contributed by atoms with van der Waals surface area (Å²) in [5.41, 5.74) is 3.42. The molecule has 0 fully saturated rings. The van der Waals surface area contributed by atoms with Gasteiger partial charge in [-0.05, 0) is 35.4 Å². The first kappa shape index (κ1) is 26.0. The number of carbonyl (C=O) groups is 1. The van der Waals surface area contributed by atoms with Crippen molar-refractivity contribution in [2.45, 2.75) is 47.6 Å². The number of nitrogens with zero attached hydrogens (tertiary/aromatic N) is 1. The second-order valence-corrected chi connectivity index (χ2v) is 7.71. The second kappa shape index (κ2) is 14.1. The van der Waals surface area contributed by atoms with Crippen LogP contribution in [0.5, 0.6) is 0 Å². The predicted molar refractivity (Wildman–Crippen MR) is 111 cm³/mol. The van der Waals surface area contributed by atoms with Gasteiger partial charge in [0.05, 0.1) is 6.61 Å². The van der Waals surface area contributed by atoms with Crippen LogP contribution in [0.4, 0.5) is 4.39 Å². The lowest BCUT2D eigenvalue weighted by Gasteiger charge is -2.26. The number of ether oxygens (including phenoxy) is 1. The minimum atomic E-state index is -0.274. The highest BCUT2D eigenvalue weighted by Gasteiger charge is 2.20. The molecule has 0 spiro atoms. The fraction of sp³-hybridized carbons (Fsp3) is 0.619. The van der Waals surface area contributed by atoms with E-state index in [-0.39, 0.29) is 23.7 Å². The molecule has 1 amide bonds. The Hall–Kier alpha value is -1.99. The first-order chi connectivity index (χ1) is 13.1. The average Bonchev–Trinajstić information content (AvgIpc) is 2.61. The number of hydroxylamine groups is 1. The van der Waals surface area contributed by atoms with Crippen LogP contribution in [0.2, 0.25) is 0 Å². The molecule has 0 atom stereocenters. The van der Waals surface area contributed by atoms with Gasteiger partial charge < -0.3 is 14.9 Å². The Morgan fingerprint density at radius 2 is 1.86 bits per heavy atom. The summed E-state index contributed by atoms with van der Waals surface area (Å²) in [5.74, 6) is 0.854. The van der Waals surface area contributed by atoms with Crippen molar-refractivity contribution in [1.29, 1.82) is 0 Å². The quantitative estimate of drug-likeness (QED) is 0.378. The van der Waals surface area contributed by atoms with E-state index in [0.717, 1.165) is 12.0 Å². The van der Waals surface area contributed by atoms with Crippen LogP contribution in [0.15, 0.2) is 29.3 Å². The molecule has 1 rings (SSSR count). The fourth-order valence-corrected chi connectivity index (χ4v) is 2.60. The van der Waals surface area contributed by atoms with E-state index in [1.807, 2.05) is 0 Å². The summed E-state index contributed by atoms with van der Waals surface area (Å²) in [5, 5.41) is 2.90. The van der Waals surface area contributed by atoms with E-state index in [4.69, 9.17) is 9.57 Å². The van der Waals surface area contributed by atoms with E-state index in [0.29, 0.717) is 25.0 Å². The van der Waals surface area contributed by atoms with Gasteiger partial charge in [-0.1, -0.05) is 39.8 Å². The molecule has 0 aliphatic rings. The number of halogens is 1. The van der Waals surface area contributed by atoms with E-state index in [1.165, 1.54) is 12.1 Å². The zero-order valence-electron chi connectivity index (χ0n) is 18.3. The van der Waals surface area contributed by atoms with Crippen LogP contribution in [0.25, 0.3) is 0 Å². The molecule has 1 aromatic rings. The number of nitrogens with one attached hydrogen (secondary N) is 2. The van der Waals surface area contributed by atoms with Crippen LogP contribution in [-0.2, 0) is 21.0 Å². The molecule has 2 N–H and O–H groups in total. The molecule has 0 unspecified atom stereocenters. The van der Waals surface area contributed by atoms with Crippen molar-refractivity contribution in [2.75, 3.05) is 27.2 Å². The number of amides is 1. The zero-order chi connectivity index (χ0) is 21.6. The fourth-order valence-electron chi connectivity index (χ4n) is 2.60. The Bertz CT molecular complexity index is 587. The molecule has 7 heteroatoms. The minimum Gasteiger partial charge on any atom is -0.394 e.